The monoisotopic (exact) mass is 183 g/mol. The van der Waals surface area contributed by atoms with E-state index in [1.807, 2.05) is 14.0 Å². The SMILES string of the molecule is CCOC(=O)[C@@H]1CC[C@H]2C[C@H]2N1C. The fraction of sp³-hybridized carbons (Fsp3) is 0.900. The van der Waals surface area contributed by atoms with Gasteiger partial charge in [-0.15, -0.1) is 0 Å². The topological polar surface area (TPSA) is 29.5 Å². The summed E-state index contributed by atoms with van der Waals surface area (Å²) < 4.78 is 5.04. The molecule has 1 saturated heterocycles. The number of hydrogen-bond donors (Lipinski definition) is 0. The average Bonchev–Trinajstić information content (AvgIpc) is 2.84. The Bertz CT molecular complexity index is 217. The van der Waals surface area contributed by atoms with Gasteiger partial charge in [-0.05, 0) is 39.2 Å². The summed E-state index contributed by atoms with van der Waals surface area (Å²) in [6, 6.07) is 0.701. The first-order valence-corrected chi connectivity index (χ1v) is 5.12. The molecule has 2 aliphatic rings. The second-order valence-electron chi connectivity index (χ2n) is 4.07. The number of ether oxygens (including phenoxy) is 1. The van der Waals surface area contributed by atoms with Gasteiger partial charge < -0.3 is 4.74 Å². The van der Waals surface area contributed by atoms with E-state index in [0.717, 1.165) is 12.3 Å². The molecule has 0 amide bonds. The molecule has 1 aliphatic heterocycles. The Kier molecular flexibility index (Phi) is 2.28. The molecule has 3 nitrogen and oxygen atoms in total. The van der Waals surface area contributed by atoms with Gasteiger partial charge in [0.1, 0.15) is 6.04 Å². The lowest BCUT2D eigenvalue weighted by molar-refractivity contribution is -0.150. The van der Waals surface area contributed by atoms with Gasteiger partial charge >= 0.3 is 5.97 Å². The summed E-state index contributed by atoms with van der Waals surface area (Å²) in [6.45, 7) is 2.36. The summed E-state index contributed by atoms with van der Waals surface area (Å²) >= 11 is 0. The Balaban J connectivity index is 1.94. The first-order chi connectivity index (χ1) is 6.24. The summed E-state index contributed by atoms with van der Waals surface area (Å²) in [7, 11) is 2.05. The summed E-state index contributed by atoms with van der Waals surface area (Å²) in [5, 5.41) is 0. The van der Waals surface area contributed by atoms with Crippen LogP contribution in [0.1, 0.15) is 26.2 Å². The number of likely N-dealkylation sites (N-methyl/N-ethyl adjacent to an activating group) is 1. The highest BCUT2D eigenvalue weighted by molar-refractivity contribution is 5.76. The highest BCUT2D eigenvalue weighted by atomic mass is 16.5. The lowest BCUT2D eigenvalue weighted by Gasteiger charge is -2.30. The van der Waals surface area contributed by atoms with Gasteiger partial charge in [0.2, 0.25) is 0 Å². The average molecular weight is 183 g/mol. The Morgan fingerprint density at radius 1 is 1.54 bits per heavy atom. The third-order valence-corrected chi connectivity index (χ3v) is 3.27. The zero-order chi connectivity index (χ0) is 9.42. The number of esters is 1. The molecule has 0 bridgehead atoms. The summed E-state index contributed by atoms with van der Waals surface area (Å²) in [4.78, 5) is 13.7. The third kappa shape index (κ3) is 1.57. The number of nitrogens with zero attached hydrogens (tertiary/aromatic N) is 1. The number of rotatable bonds is 2. The summed E-state index contributed by atoms with van der Waals surface area (Å²) in [6.07, 6.45) is 3.47. The van der Waals surface area contributed by atoms with Gasteiger partial charge in [0.05, 0.1) is 6.61 Å². The predicted octanol–water partition coefficient (Wildman–Crippen LogP) is 1.03. The van der Waals surface area contributed by atoms with Gasteiger partial charge in [-0.1, -0.05) is 0 Å². The molecule has 2 fully saturated rings. The van der Waals surface area contributed by atoms with Crippen LogP contribution in [-0.4, -0.2) is 36.6 Å². The van der Waals surface area contributed by atoms with Crippen LogP contribution in [0.15, 0.2) is 0 Å². The Morgan fingerprint density at radius 2 is 2.31 bits per heavy atom. The van der Waals surface area contributed by atoms with Gasteiger partial charge in [-0.2, -0.15) is 0 Å². The zero-order valence-corrected chi connectivity index (χ0v) is 8.32. The number of likely N-dealkylation sites (tertiary alicyclic amines) is 1. The molecular formula is C10H17NO2. The lowest BCUT2D eigenvalue weighted by Crippen LogP contribution is -2.44. The maximum absolute atomic E-state index is 11.5. The smallest absolute Gasteiger partial charge is 0.323 e. The van der Waals surface area contributed by atoms with Gasteiger partial charge in [-0.3, -0.25) is 9.69 Å². The van der Waals surface area contributed by atoms with Gasteiger partial charge in [0, 0.05) is 6.04 Å². The minimum atomic E-state index is -0.0321. The van der Waals surface area contributed by atoms with E-state index < -0.39 is 0 Å². The number of fused-ring (bicyclic) bond motifs is 1. The summed E-state index contributed by atoms with van der Waals surface area (Å²) in [5.74, 6) is 0.839. The van der Waals surface area contributed by atoms with Crippen LogP contribution >= 0.6 is 0 Å². The molecule has 0 aromatic heterocycles. The van der Waals surface area contributed by atoms with E-state index in [0.29, 0.717) is 12.6 Å². The maximum Gasteiger partial charge on any atom is 0.323 e. The normalized spacial score (nSPS) is 38.2. The van der Waals surface area contributed by atoms with Crippen molar-refractivity contribution < 1.29 is 9.53 Å². The van der Waals surface area contributed by atoms with Crippen molar-refractivity contribution in [2.24, 2.45) is 5.92 Å². The van der Waals surface area contributed by atoms with E-state index in [-0.39, 0.29) is 12.0 Å². The Morgan fingerprint density at radius 3 is 3.00 bits per heavy atom. The molecule has 0 radical (unpaired) electrons. The fourth-order valence-electron chi connectivity index (χ4n) is 2.37. The van der Waals surface area contributed by atoms with Crippen LogP contribution in [0.25, 0.3) is 0 Å². The van der Waals surface area contributed by atoms with Crippen molar-refractivity contribution >= 4 is 5.97 Å². The molecule has 2 rings (SSSR count). The Labute approximate surface area is 79.0 Å². The van der Waals surface area contributed by atoms with Crippen LogP contribution < -0.4 is 0 Å². The van der Waals surface area contributed by atoms with Crippen molar-refractivity contribution in [2.75, 3.05) is 13.7 Å². The molecule has 1 aliphatic carbocycles. The minimum Gasteiger partial charge on any atom is -0.465 e. The van der Waals surface area contributed by atoms with E-state index in [9.17, 15) is 4.79 Å². The first kappa shape index (κ1) is 9.00. The molecular weight excluding hydrogens is 166 g/mol. The quantitative estimate of drug-likeness (QED) is 0.599. The van der Waals surface area contributed by atoms with Crippen LogP contribution in [0.4, 0.5) is 0 Å². The molecule has 0 unspecified atom stereocenters. The van der Waals surface area contributed by atoms with Crippen LogP contribution in [-0.2, 0) is 9.53 Å². The first-order valence-electron chi connectivity index (χ1n) is 5.12. The van der Waals surface area contributed by atoms with Crippen LogP contribution in [0.5, 0.6) is 0 Å². The van der Waals surface area contributed by atoms with E-state index in [1.54, 1.807) is 0 Å². The highest BCUT2D eigenvalue weighted by Crippen LogP contribution is 2.44. The molecule has 0 aromatic carbocycles. The maximum atomic E-state index is 11.5. The fourth-order valence-corrected chi connectivity index (χ4v) is 2.37. The second kappa shape index (κ2) is 3.29. The molecule has 13 heavy (non-hydrogen) atoms. The molecule has 3 heteroatoms. The molecule has 0 N–H and O–H groups in total. The molecule has 1 heterocycles. The molecule has 3 atom stereocenters. The number of carbonyl (C=O) groups is 1. The molecule has 0 aromatic rings. The van der Waals surface area contributed by atoms with E-state index >= 15 is 0 Å². The highest BCUT2D eigenvalue weighted by Gasteiger charge is 2.48. The number of carbonyl (C=O) groups excluding carboxylic acids is 1. The summed E-state index contributed by atoms with van der Waals surface area (Å²) in [5.41, 5.74) is 0. The van der Waals surface area contributed by atoms with Crippen LogP contribution in [0, 0.1) is 5.92 Å². The lowest BCUT2D eigenvalue weighted by atomic mass is 10.0. The van der Waals surface area contributed by atoms with Crippen LogP contribution in [0.3, 0.4) is 0 Å². The van der Waals surface area contributed by atoms with E-state index in [1.165, 1.54) is 12.8 Å². The zero-order valence-electron chi connectivity index (χ0n) is 8.32. The second-order valence-corrected chi connectivity index (χ2v) is 4.07. The predicted molar refractivity (Wildman–Crippen MR) is 49.3 cm³/mol. The Hall–Kier alpha value is -0.570. The van der Waals surface area contributed by atoms with Crippen LogP contribution in [0.2, 0.25) is 0 Å². The van der Waals surface area contributed by atoms with Gasteiger partial charge in [0.15, 0.2) is 0 Å². The number of piperidine rings is 1. The van der Waals surface area contributed by atoms with E-state index in [4.69, 9.17) is 4.74 Å². The third-order valence-electron chi connectivity index (χ3n) is 3.27. The molecule has 74 valence electrons. The van der Waals surface area contributed by atoms with Crippen molar-refractivity contribution in [1.82, 2.24) is 4.90 Å². The van der Waals surface area contributed by atoms with Crippen molar-refractivity contribution in [1.29, 1.82) is 0 Å². The minimum absolute atomic E-state index is 0.0312. The van der Waals surface area contributed by atoms with Crippen molar-refractivity contribution in [3.05, 3.63) is 0 Å². The molecule has 1 saturated carbocycles. The number of hydrogen-bond acceptors (Lipinski definition) is 3. The largest absolute Gasteiger partial charge is 0.465 e. The van der Waals surface area contributed by atoms with Crippen molar-refractivity contribution in [2.45, 2.75) is 38.3 Å². The van der Waals surface area contributed by atoms with Crippen molar-refractivity contribution in [3.8, 4) is 0 Å². The van der Waals surface area contributed by atoms with Gasteiger partial charge in [0.25, 0.3) is 0 Å². The standard InChI is InChI=1S/C10H17NO2/c1-3-13-10(12)8-5-4-7-6-9(7)11(8)2/h7-9H,3-6H2,1-2H3/t7-,8-,9+/m0/s1. The van der Waals surface area contributed by atoms with Gasteiger partial charge in [-0.25, -0.2) is 0 Å². The molecule has 0 spiro atoms. The van der Waals surface area contributed by atoms with E-state index in [2.05, 4.69) is 4.90 Å². The van der Waals surface area contributed by atoms with Crippen molar-refractivity contribution in [3.63, 3.8) is 0 Å².